The highest BCUT2D eigenvalue weighted by atomic mass is 16.5. The summed E-state index contributed by atoms with van der Waals surface area (Å²) in [4.78, 5) is 7.05. The summed E-state index contributed by atoms with van der Waals surface area (Å²) in [5.74, 6) is 2.03. The van der Waals surface area contributed by atoms with Crippen molar-refractivity contribution in [3.8, 4) is 0 Å². The number of fused-ring (bicyclic) bond motifs is 1. The molecule has 0 N–H and O–H groups in total. The number of imidazole rings is 1. The molecule has 0 amide bonds. The minimum atomic E-state index is 0.276. The molecule has 22 heavy (non-hydrogen) atoms. The molecule has 6 nitrogen and oxygen atoms in total. The summed E-state index contributed by atoms with van der Waals surface area (Å²) in [6, 6.07) is 0.276. The van der Waals surface area contributed by atoms with E-state index in [1.807, 2.05) is 27.0 Å². The van der Waals surface area contributed by atoms with Crippen molar-refractivity contribution in [2.45, 2.75) is 53.4 Å². The van der Waals surface area contributed by atoms with E-state index < -0.39 is 0 Å². The lowest BCUT2D eigenvalue weighted by Crippen LogP contribution is -2.37. The maximum Gasteiger partial charge on any atom is 0.138 e. The molecule has 1 aliphatic heterocycles. The van der Waals surface area contributed by atoms with Gasteiger partial charge in [0.1, 0.15) is 11.6 Å². The van der Waals surface area contributed by atoms with E-state index in [1.54, 1.807) is 0 Å². The van der Waals surface area contributed by atoms with Gasteiger partial charge in [0.2, 0.25) is 0 Å². The lowest BCUT2D eigenvalue weighted by molar-refractivity contribution is 0.119. The van der Waals surface area contributed by atoms with Gasteiger partial charge in [-0.1, -0.05) is 5.16 Å². The second kappa shape index (κ2) is 6.22. The van der Waals surface area contributed by atoms with Crippen LogP contribution in [-0.4, -0.2) is 32.8 Å². The van der Waals surface area contributed by atoms with Gasteiger partial charge in [0.05, 0.1) is 30.2 Å². The van der Waals surface area contributed by atoms with Gasteiger partial charge >= 0.3 is 0 Å². The van der Waals surface area contributed by atoms with Crippen LogP contribution >= 0.6 is 0 Å². The lowest BCUT2D eigenvalue weighted by atomic mass is 10.1. The predicted molar refractivity (Wildman–Crippen MR) is 82.4 cm³/mol. The number of hydrogen-bond acceptors (Lipinski definition) is 5. The summed E-state index contributed by atoms with van der Waals surface area (Å²) in [6.45, 7) is 12.4. The zero-order chi connectivity index (χ0) is 15.7. The van der Waals surface area contributed by atoms with Crippen LogP contribution in [0, 0.1) is 13.8 Å². The molecule has 0 spiro atoms. The van der Waals surface area contributed by atoms with Crippen molar-refractivity contribution < 1.29 is 9.26 Å². The van der Waals surface area contributed by atoms with Gasteiger partial charge in [-0.05, 0) is 27.7 Å². The largest absolute Gasteiger partial charge is 0.375 e. The second-order valence-corrected chi connectivity index (χ2v) is 5.85. The summed E-state index contributed by atoms with van der Waals surface area (Å²) >= 11 is 0. The van der Waals surface area contributed by atoms with Crippen molar-refractivity contribution in [2.24, 2.45) is 0 Å². The Hall–Kier alpha value is -1.66. The Morgan fingerprint density at radius 2 is 2.18 bits per heavy atom. The Morgan fingerprint density at radius 3 is 2.86 bits per heavy atom. The monoisotopic (exact) mass is 304 g/mol. The van der Waals surface area contributed by atoms with Crippen LogP contribution in [0.1, 0.15) is 48.4 Å². The second-order valence-electron chi connectivity index (χ2n) is 5.85. The van der Waals surface area contributed by atoms with Gasteiger partial charge < -0.3 is 13.8 Å². The molecule has 0 unspecified atom stereocenters. The number of aryl methyl sites for hydroxylation is 2. The van der Waals surface area contributed by atoms with Crippen LogP contribution in [0.25, 0.3) is 0 Å². The van der Waals surface area contributed by atoms with Crippen LogP contribution in [0.2, 0.25) is 0 Å². The normalized spacial score (nSPS) is 18.6. The molecule has 3 heterocycles. The minimum absolute atomic E-state index is 0.276. The Kier molecular flexibility index (Phi) is 4.31. The quantitative estimate of drug-likeness (QED) is 0.850. The Bertz CT molecular complexity index is 627. The predicted octanol–water partition coefficient (Wildman–Crippen LogP) is 2.60. The molecule has 0 radical (unpaired) electrons. The van der Waals surface area contributed by atoms with Crippen LogP contribution < -0.4 is 0 Å². The van der Waals surface area contributed by atoms with E-state index in [4.69, 9.17) is 9.26 Å². The molecule has 6 heteroatoms. The van der Waals surface area contributed by atoms with Crippen molar-refractivity contribution >= 4 is 0 Å². The number of ether oxygens (including phenoxy) is 1. The first-order valence-corrected chi connectivity index (χ1v) is 7.89. The van der Waals surface area contributed by atoms with Gasteiger partial charge in [-0.15, -0.1) is 0 Å². The van der Waals surface area contributed by atoms with Gasteiger partial charge in [0.15, 0.2) is 0 Å². The first kappa shape index (κ1) is 15.2. The summed E-state index contributed by atoms with van der Waals surface area (Å²) in [7, 11) is 0. The Balaban J connectivity index is 1.77. The van der Waals surface area contributed by atoms with Crippen molar-refractivity contribution in [1.29, 1.82) is 0 Å². The van der Waals surface area contributed by atoms with E-state index in [0.717, 1.165) is 43.5 Å². The van der Waals surface area contributed by atoms with Crippen molar-refractivity contribution in [2.75, 3.05) is 13.2 Å². The minimum Gasteiger partial charge on any atom is -0.375 e. The SMILES string of the molecule is CCOCc1cnc2n1CCN(Cc1c(C)noc1C)[C@H]2C. The van der Waals surface area contributed by atoms with Crippen LogP contribution in [0.3, 0.4) is 0 Å². The highest BCUT2D eigenvalue weighted by Crippen LogP contribution is 2.28. The maximum absolute atomic E-state index is 5.53. The summed E-state index contributed by atoms with van der Waals surface area (Å²) in [5.41, 5.74) is 3.35. The molecular weight excluding hydrogens is 280 g/mol. The molecule has 2 aromatic rings. The molecule has 0 fully saturated rings. The molecule has 3 rings (SSSR count). The highest BCUT2D eigenvalue weighted by Gasteiger charge is 2.28. The van der Waals surface area contributed by atoms with E-state index in [-0.39, 0.29) is 6.04 Å². The van der Waals surface area contributed by atoms with Gasteiger partial charge in [0, 0.05) is 31.8 Å². The zero-order valence-electron chi connectivity index (χ0n) is 13.8. The van der Waals surface area contributed by atoms with E-state index in [9.17, 15) is 0 Å². The summed E-state index contributed by atoms with van der Waals surface area (Å²) in [5, 5.41) is 4.05. The molecule has 0 aliphatic carbocycles. The number of nitrogens with zero attached hydrogens (tertiary/aromatic N) is 4. The van der Waals surface area contributed by atoms with Gasteiger partial charge in [-0.2, -0.15) is 0 Å². The standard InChI is InChI=1S/C16H24N4O2/c1-5-21-10-14-8-17-16-12(3)19(6-7-20(14)16)9-15-11(2)18-22-13(15)4/h8,12H,5-7,9-10H2,1-4H3/t12-/m0/s1. The molecule has 1 aliphatic rings. The van der Waals surface area contributed by atoms with Crippen molar-refractivity contribution in [1.82, 2.24) is 19.6 Å². The number of rotatable bonds is 5. The van der Waals surface area contributed by atoms with E-state index >= 15 is 0 Å². The van der Waals surface area contributed by atoms with Gasteiger partial charge in [-0.3, -0.25) is 4.90 Å². The number of aromatic nitrogens is 3. The summed E-state index contributed by atoms with van der Waals surface area (Å²) < 4.78 is 13.1. The topological polar surface area (TPSA) is 56.3 Å². The van der Waals surface area contributed by atoms with Crippen LogP contribution in [0.5, 0.6) is 0 Å². The van der Waals surface area contributed by atoms with Crippen LogP contribution in [-0.2, 0) is 24.4 Å². The van der Waals surface area contributed by atoms with Crippen molar-refractivity contribution in [3.63, 3.8) is 0 Å². The Morgan fingerprint density at radius 1 is 1.36 bits per heavy atom. The average Bonchev–Trinajstić information content (AvgIpc) is 3.06. The fourth-order valence-electron chi connectivity index (χ4n) is 3.07. The van der Waals surface area contributed by atoms with Crippen LogP contribution in [0.4, 0.5) is 0 Å². The molecule has 1 atom stereocenters. The van der Waals surface area contributed by atoms with E-state index in [2.05, 4.69) is 26.5 Å². The zero-order valence-corrected chi connectivity index (χ0v) is 13.8. The molecule has 120 valence electrons. The third kappa shape index (κ3) is 2.68. The van der Waals surface area contributed by atoms with E-state index in [0.29, 0.717) is 6.61 Å². The van der Waals surface area contributed by atoms with Crippen molar-refractivity contribution in [3.05, 3.63) is 34.7 Å². The lowest BCUT2D eigenvalue weighted by Gasteiger charge is -2.34. The van der Waals surface area contributed by atoms with Gasteiger partial charge in [0.25, 0.3) is 0 Å². The van der Waals surface area contributed by atoms with Gasteiger partial charge in [-0.25, -0.2) is 4.98 Å². The molecule has 0 saturated heterocycles. The third-order valence-corrected chi connectivity index (χ3v) is 4.50. The van der Waals surface area contributed by atoms with E-state index in [1.165, 1.54) is 11.3 Å². The highest BCUT2D eigenvalue weighted by molar-refractivity contribution is 5.21. The molecule has 0 aromatic carbocycles. The average molecular weight is 304 g/mol. The number of hydrogen-bond donors (Lipinski definition) is 0. The summed E-state index contributed by atoms with van der Waals surface area (Å²) in [6.07, 6.45) is 1.95. The Labute approximate surface area is 131 Å². The molecule has 0 bridgehead atoms. The molecular formula is C16H24N4O2. The molecule has 2 aromatic heterocycles. The first-order chi connectivity index (χ1) is 10.6. The molecule has 0 saturated carbocycles. The van der Waals surface area contributed by atoms with Crippen LogP contribution in [0.15, 0.2) is 10.7 Å². The maximum atomic E-state index is 5.53. The fourth-order valence-corrected chi connectivity index (χ4v) is 3.07. The fraction of sp³-hybridized carbons (Fsp3) is 0.625. The first-order valence-electron chi connectivity index (χ1n) is 7.89. The smallest absolute Gasteiger partial charge is 0.138 e. The third-order valence-electron chi connectivity index (χ3n) is 4.50.